The van der Waals surface area contributed by atoms with E-state index >= 15 is 0 Å². The highest BCUT2D eigenvalue weighted by molar-refractivity contribution is 6.30. The summed E-state index contributed by atoms with van der Waals surface area (Å²) >= 11 is 5.96. The Bertz CT molecular complexity index is 948. The van der Waals surface area contributed by atoms with Crippen molar-refractivity contribution >= 4 is 35.1 Å². The van der Waals surface area contributed by atoms with Crippen LogP contribution in [0.25, 0.3) is 0 Å². The van der Waals surface area contributed by atoms with Gasteiger partial charge >= 0.3 is 0 Å². The number of nitrogens with one attached hydrogen (secondary N) is 2. The Labute approximate surface area is 187 Å². The number of hydrogen-bond donors (Lipinski definition) is 2. The average molecular weight is 443 g/mol. The van der Waals surface area contributed by atoms with Crippen LogP contribution in [0, 0.1) is 12.8 Å². The summed E-state index contributed by atoms with van der Waals surface area (Å²) in [4.78, 5) is 43.4. The van der Waals surface area contributed by atoms with Crippen molar-refractivity contribution in [3.8, 4) is 0 Å². The molecule has 1 aliphatic rings. The van der Waals surface area contributed by atoms with E-state index in [-0.39, 0.29) is 30.1 Å². The van der Waals surface area contributed by atoms with Crippen LogP contribution in [0.3, 0.4) is 0 Å². The Hall–Kier alpha value is -2.93. The minimum atomic E-state index is -0.451. The van der Waals surface area contributed by atoms with Gasteiger partial charge in [0.25, 0.3) is 0 Å². The summed E-state index contributed by atoms with van der Waals surface area (Å²) in [7, 11) is 0. The molecule has 2 atom stereocenters. The van der Waals surface area contributed by atoms with E-state index in [2.05, 4.69) is 15.6 Å². The maximum atomic E-state index is 13.0. The maximum absolute atomic E-state index is 13.0. The molecule has 0 saturated carbocycles. The quantitative estimate of drug-likeness (QED) is 0.716. The Morgan fingerprint density at radius 1 is 1.19 bits per heavy atom. The van der Waals surface area contributed by atoms with Gasteiger partial charge in [-0.15, -0.1) is 0 Å². The molecule has 1 aromatic carbocycles. The molecule has 1 aliphatic heterocycles. The van der Waals surface area contributed by atoms with Crippen LogP contribution in [0.4, 0.5) is 5.82 Å². The van der Waals surface area contributed by atoms with E-state index in [0.29, 0.717) is 30.4 Å². The molecule has 8 heteroatoms. The molecule has 2 unspecified atom stereocenters. The molecule has 2 aromatic rings. The first kappa shape index (κ1) is 22.7. The SMILES string of the molecule is CC(=O)NC(CC(=O)N1CCCC(C(=O)Nc2cccc(C)n2)C1)c1ccc(Cl)cc1. The number of likely N-dealkylation sites (tertiary alicyclic amines) is 1. The normalized spacial score (nSPS) is 17.0. The van der Waals surface area contributed by atoms with Crippen molar-refractivity contribution in [1.29, 1.82) is 0 Å². The van der Waals surface area contributed by atoms with Gasteiger partial charge in [0.2, 0.25) is 17.7 Å². The highest BCUT2D eigenvalue weighted by Crippen LogP contribution is 2.24. The molecule has 3 amide bonds. The second kappa shape index (κ2) is 10.4. The molecule has 164 valence electrons. The number of piperidine rings is 1. The smallest absolute Gasteiger partial charge is 0.230 e. The number of anilines is 1. The molecule has 7 nitrogen and oxygen atoms in total. The van der Waals surface area contributed by atoms with Crippen molar-refractivity contribution in [1.82, 2.24) is 15.2 Å². The van der Waals surface area contributed by atoms with Crippen LogP contribution in [-0.2, 0) is 14.4 Å². The summed E-state index contributed by atoms with van der Waals surface area (Å²) in [5.74, 6) is -0.224. The fourth-order valence-corrected chi connectivity index (χ4v) is 3.88. The number of halogens is 1. The van der Waals surface area contributed by atoms with Crippen LogP contribution in [0.2, 0.25) is 5.02 Å². The predicted molar refractivity (Wildman–Crippen MR) is 120 cm³/mol. The molecule has 1 saturated heterocycles. The van der Waals surface area contributed by atoms with Gasteiger partial charge < -0.3 is 15.5 Å². The van der Waals surface area contributed by atoms with E-state index in [9.17, 15) is 14.4 Å². The number of benzene rings is 1. The largest absolute Gasteiger partial charge is 0.349 e. The first-order valence-electron chi connectivity index (χ1n) is 10.4. The third kappa shape index (κ3) is 6.52. The lowest BCUT2D eigenvalue weighted by atomic mass is 9.95. The van der Waals surface area contributed by atoms with E-state index < -0.39 is 6.04 Å². The molecule has 0 radical (unpaired) electrons. The summed E-state index contributed by atoms with van der Waals surface area (Å²) in [6, 6.07) is 12.1. The van der Waals surface area contributed by atoms with Crippen LogP contribution in [0.1, 0.15) is 43.5 Å². The third-order valence-corrected chi connectivity index (χ3v) is 5.57. The van der Waals surface area contributed by atoms with Gasteiger partial charge in [0.1, 0.15) is 5.82 Å². The number of nitrogens with zero attached hydrogens (tertiary/aromatic N) is 2. The van der Waals surface area contributed by atoms with E-state index in [1.807, 2.05) is 19.1 Å². The predicted octanol–water partition coefficient (Wildman–Crippen LogP) is 3.49. The summed E-state index contributed by atoms with van der Waals surface area (Å²) in [6.45, 7) is 4.24. The molecule has 2 N–H and O–H groups in total. The van der Waals surface area contributed by atoms with E-state index in [4.69, 9.17) is 11.6 Å². The number of aryl methyl sites for hydroxylation is 1. The maximum Gasteiger partial charge on any atom is 0.230 e. The number of hydrogen-bond acceptors (Lipinski definition) is 4. The van der Waals surface area contributed by atoms with Crippen molar-refractivity contribution in [2.45, 2.75) is 39.2 Å². The number of rotatable bonds is 6. The highest BCUT2D eigenvalue weighted by Gasteiger charge is 2.30. The van der Waals surface area contributed by atoms with Crippen LogP contribution < -0.4 is 10.6 Å². The van der Waals surface area contributed by atoms with Gasteiger partial charge in [0.05, 0.1) is 18.4 Å². The first-order chi connectivity index (χ1) is 14.8. The Kier molecular flexibility index (Phi) is 7.63. The Balaban J connectivity index is 1.63. The van der Waals surface area contributed by atoms with Gasteiger partial charge in [-0.2, -0.15) is 0 Å². The molecule has 0 aliphatic carbocycles. The monoisotopic (exact) mass is 442 g/mol. The van der Waals surface area contributed by atoms with Crippen LogP contribution >= 0.6 is 11.6 Å². The molecule has 0 bridgehead atoms. The van der Waals surface area contributed by atoms with Gasteiger partial charge in [-0.1, -0.05) is 29.8 Å². The summed E-state index contributed by atoms with van der Waals surface area (Å²) in [5.41, 5.74) is 1.63. The minimum Gasteiger partial charge on any atom is -0.349 e. The molecule has 3 rings (SSSR count). The molecular formula is C23H27ClN4O3. The molecule has 0 spiro atoms. The number of amides is 3. The molecule has 31 heavy (non-hydrogen) atoms. The van der Waals surface area contributed by atoms with Crippen molar-refractivity contribution in [3.05, 3.63) is 58.7 Å². The lowest BCUT2D eigenvalue weighted by Crippen LogP contribution is -2.45. The van der Waals surface area contributed by atoms with Crippen molar-refractivity contribution < 1.29 is 14.4 Å². The molecular weight excluding hydrogens is 416 g/mol. The second-order valence-electron chi connectivity index (χ2n) is 7.84. The lowest BCUT2D eigenvalue weighted by molar-refractivity contribution is -0.135. The fourth-order valence-electron chi connectivity index (χ4n) is 3.76. The summed E-state index contributed by atoms with van der Waals surface area (Å²) in [6.07, 6.45) is 1.58. The van der Waals surface area contributed by atoms with Crippen molar-refractivity contribution in [3.63, 3.8) is 0 Å². The zero-order valence-corrected chi connectivity index (χ0v) is 18.5. The fraction of sp³-hybridized carbons (Fsp3) is 0.391. The second-order valence-corrected chi connectivity index (χ2v) is 8.28. The summed E-state index contributed by atoms with van der Waals surface area (Å²) in [5, 5.41) is 6.28. The number of carbonyl (C=O) groups excluding carboxylic acids is 3. The van der Waals surface area contributed by atoms with Gasteiger partial charge in [-0.05, 0) is 49.6 Å². The third-order valence-electron chi connectivity index (χ3n) is 5.31. The minimum absolute atomic E-state index is 0.0973. The Morgan fingerprint density at radius 3 is 2.61 bits per heavy atom. The van der Waals surface area contributed by atoms with E-state index in [0.717, 1.165) is 17.7 Å². The first-order valence-corrected chi connectivity index (χ1v) is 10.7. The number of pyridine rings is 1. The van der Waals surface area contributed by atoms with Crippen molar-refractivity contribution in [2.75, 3.05) is 18.4 Å². The van der Waals surface area contributed by atoms with Gasteiger partial charge in [0, 0.05) is 30.7 Å². The lowest BCUT2D eigenvalue weighted by Gasteiger charge is -2.33. The zero-order valence-electron chi connectivity index (χ0n) is 17.7. The van der Waals surface area contributed by atoms with E-state index in [1.54, 1.807) is 35.2 Å². The molecule has 2 heterocycles. The highest BCUT2D eigenvalue weighted by atomic mass is 35.5. The topological polar surface area (TPSA) is 91.4 Å². The Morgan fingerprint density at radius 2 is 1.94 bits per heavy atom. The summed E-state index contributed by atoms with van der Waals surface area (Å²) < 4.78 is 0. The molecule has 1 fully saturated rings. The average Bonchev–Trinajstić information content (AvgIpc) is 2.73. The number of aromatic nitrogens is 1. The number of carbonyl (C=O) groups is 3. The standard InChI is InChI=1S/C23H27ClN4O3/c1-15-5-3-7-21(25-15)27-23(31)18-6-4-12-28(14-18)22(30)13-20(26-16(2)29)17-8-10-19(24)11-9-17/h3,5,7-11,18,20H,4,6,12-14H2,1-2H3,(H,26,29)(H,25,27,31). The van der Waals surface area contributed by atoms with Crippen LogP contribution in [0.5, 0.6) is 0 Å². The zero-order chi connectivity index (χ0) is 22.4. The van der Waals surface area contributed by atoms with Gasteiger partial charge in [0.15, 0.2) is 0 Å². The van der Waals surface area contributed by atoms with Gasteiger partial charge in [-0.25, -0.2) is 4.98 Å². The van der Waals surface area contributed by atoms with Crippen LogP contribution in [0.15, 0.2) is 42.5 Å². The van der Waals surface area contributed by atoms with Crippen LogP contribution in [-0.4, -0.2) is 40.7 Å². The molecule has 1 aromatic heterocycles. The van der Waals surface area contributed by atoms with Crippen molar-refractivity contribution in [2.24, 2.45) is 5.92 Å². The van der Waals surface area contributed by atoms with Gasteiger partial charge in [-0.3, -0.25) is 14.4 Å². The van der Waals surface area contributed by atoms with E-state index in [1.165, 1.54) is 6.92 Å².